The Kier molecular flexibility index (Phi) is 2.85. The minimum atomic E-state index is -1.04. The second kappa shape index (κ2) is 4.66. The molecule has 94 valence electrons. The maximum Gasteiger partial charge on any atom is 0.354 e. The van der Waals surface area contributed by atoms with Crippen LogP contribution in [0.2, 0.25) is 0 Å². The summed E-state index contributed by atoms with van der Waals surface area (Å²) in [5.74, 6) is -1.04. The standard InChI is InChI=1S/C13H9N3O2S/c17-12(18)10-6-5-8(7-14-10)15-13-16-9-3-1-2-4-11(9)19-13/h1-7H,(H,15,16)(H,17,18). The number of hydrogen-bond acceptors (Lipinski definition) is 5. The van der Waals surface area contributed by atoms with Crippen LogP contribution in [0, 0.1) is 0 Å². The molecule has 0 unspecified atom stereocenters. The summed E-state index contributed by atoms with van der Waals surface area (Å²) in [6.45, 7) is 0. The number of aromatic nitrogens is 2. The van der Waals surface area contributed by atoms with Crippen LogP contribution < -0.4 is 5.32 Å². The topological polar surface area (TPSA) is 75.1 Å². The molecule has 0 atom stereocenters. The summed E-state index contributed by atoms with van der Waals surface area (Å²) in [6.07, 6.45) is 1.48. The fourth-order valence-corrected chi connectivity index (χ4v) is 2.53. The predicted molar refractivity (Wildman–Crippen MR) is 74.1 cm³/mol. The van der Waals surface area contributed by atoms with E-state index in [-0.39, 0.29) is 5.69 Å². The molecule has 2 N–H and O–H groups in total. The molecular formula is C13H9N3O2S. The molecule has 0 spiro atoms. The Morgan fingerprint density at radius 2 is 2.05 bits per heavy atom. The Morgan fingerprint density at radius 1 is 1.21 bits per heavy atom. The summed E-state index contributed by atoms with van der Waals surface area (Å²) in [5.41, 5.74) is 1.67. The third-order valence-corrected chi connectivity index (χ3v) is 3.48. The van der Waals surface area contributed by atoms with Gasteiger partial charge in [-0.05, 0) is 24.3 Å². The summed E-state index contributed by atoms with van der Waals surface area (Å²) >= 11 is 1.54. The lowest BCUT2D eigenvalue weighted by Crippen LogP contribution is -2.00. The molecule has 2 heterocycles. The van der Waals surface area contributed by atoms with Crippen LogP contribution in [0.3, 0.4) is 0 Å². The largest absolute Gasteiger partial charge is 0.477 e. The van der Waals surface area contributed by atoms with Gasteiger partial charge in [-0.1, -0.05) is 23.5 Å². The summed E-state index contributed by atoms with van der Waals surface area (Å²) in [6, 6.07) is 11.0. The number of rotatable bonds is 3. The van der Waals surface area contributed by atoms with Gasteiger partial charge in [0.05, 0.1) is 22.1 Å². The van der Waals surface area contributed by atoms with Crippen molar-refractivity contribution in [3.63, 3.8) is 0 Å². The molecule has 0 aliphatic rings. The highest BCUT2D eigenvalue weighted by atomic mass is 32.1. The number of benzene rings is 1. The number of thiazole rings is 1. The number of carbonyl (C=O) groups is 1. The molecule has 1 aromatic carbocycles. The van der Waals surface area contributed by atoms with Gasteiger partial charge in [-0.3, -0.25) is 0 Å². The zero-order valence-electron chi connectivity index (χ0n) is 9.70. The molecule has 3 rings (SSSR count). The first-order valence-corrected chi connectivity index (χ1v) is 6.36. The highest BCUT2D eigenvalue weighted by Gasteiger charge is 2.06. The lowest BCUT2D eigenvalue weighted by Gasteiger charge is -2.01. The molecule has 5 nitrogen and oxygen atoms in total. The maximum atomic E-state index is 10.7. The normalized spacial score (nSPS) is 10.5. The van der Waals surface area contributed by atoms with Crippen LogP contribution in [-0.2, 0) is 0 Å². The number of nitrogens with one attached hydrogen (secondary N) is 1. The maximum absolute atomic E-state index is 10.7. The van der Waals surface area contributed by atoms with Gasteiger partial charge in [0.1, 0.15) is 5.69 Å². The molecule has 3 aromatic rings. The van der Waals surface area contributed by atoms with Gasteiger partial charge in [-0.15, -0.1) is 0 Å². The Hall–Kier alpha value is -2.47. The monoisotopic (exact) mass is 271 g/mol. The third-order valence-electron chi connectivity index (χ3n) is 2.53. The molecule has 0 saturated carbocycles. The first kappa shape index (κ1) is 11.6. The molecule has 2 aromatic heterocycles. The smallest absolute Gasteiger partial charge is 0.354 e. The first-order chi connectivity index (χ1) is 9.22. The van der Waals surface area contributed by atoms with Gasteiger partial charge in [0.25, 0.3) is 0 Å². The molecular weight excluding hydrogens is 262 g/mol. The third kappa shape index (κ3) is 2.38. The van der Waals surface area contributed by atoms with E-state index in [9.17, 15) is 4.79 Å². The number of aromatic carboxylic acids is 1. The Bertz CT molecular complexity index is 704. The number of pyridine rings is 1. The average Bonchev–Trinajstić information content (AvgIpc) is 2.81. The van der Waals surface area contributed by atoms with Crippen LogP contribution in [0.25, 0.3) is 10.2 Å². The van der Waals surface area contributed by atoms with Gasteiger partial charge < -0.3 is 10.4 Å². The van der Waals surface area contributed by atoms with E-state index in [1.54, 1.807) is 6.07 Å². The van der Waals surface area contributed by atoms with Gasteiger partial charge in [-0.2, -0.15) is 0 Å². The molecule has 6 heteroatoms. The molecule has 0 aliphatic carbocycles. The zero-order chi connectivity index (χ0) is 13.2. The number of fused-ring (bicyclic) bond motifs is 1. The van der Waals surface area contributed by atoms with E-state index < -0.39 is 5.97 Å². The Balaban J connectivity index is 1.86. The van der Waals surface area contributed by atoms with Gasteiger partial charge in [0.15, 0.2) is 5.13 Å². The highest BCUT2D eigenvalue weighted by molar-refractivity contribution is 7.22. The number of hydrogen-bond donors (Lipinski definition) is 2. The van der Waals surface area contributed by atoms with Crippen molar-refractivity contribution in [3.05, 3.63) is 48.3 Å². The molecule has 0 radical (unpaired) electrons. The highest BCUT2D eigenvalue weighted by Crippen LogP contribution is 2.27. The zero-order valence-corrected chi connectivity index (χ0v) is 10.5. The Labute approximate surface area is 112 Å². The van der Waals surface area contributed by atoms with E-state index in [0.717, 1.165) is 15.3 Å². The van der Waals surface area contributed by atoms with Crippen LogP contribution in [0.4, 0.5) is 10.8 Å². The van der Waals surface area contributed by atoms with Crippen molar-refractivity contribution >= 4 is 38.3 Å². The van der Waals surface area contributed by atoms with E-state index in [4.69, 9.17) is 5.11 Å². The van der Waals surface area contributed by atoms with E-state index in [1.165, 1.54) is 23.6 Å². The number of nitrogens with zero attached hydrogens (tertiary/aromatic N) is 2. The van der Waals surface area contributed by atoms with Crippen molar-refractivity contribution in [1.82, 2.24) is 9.97 Å². The number of carboxylic acids is 1. The lowest BCUT2D eigenvalue weighted by molar-refractivity contribution is 0.0690. The van der Waals surface area contributed by atoms with Crippen LogP contribution in [0.1, 0.15) is 10.5 Å². The van der Waals surface area contributed by atoms with Crippen molar-refractivity contribution in [3.8, 4) is 0 Å². The molecule has 0 amide bonds. The van der Waals surface area contributed by atoms with Crippen molar-refractivity contribution in [2.24, 2.45) is 0 Å². The van der Waals surface area contributed by atoms with Crippen LogP contribution in [0.15, 0.2) is 42.6 Å². The minimum Gasteiger partial charge on any atom is -0.477 e. The van der Waals surface area contributed by atoms with E-state index >= 15 is 0 Å². The number of carboxylic acid groups (broad SMARTS) is 1. The lowest BCUT2D eigenvalue weighted by atomic mass is 10.3. The SMILES string of the molecule is O=C(O)c1ccc(Nc2nc3ccccc3s2)cn1. The van der Waals surface area contributed by atoms with E-state index in [0.29, 0.717) is 5.69 Å². The Morgan fingerprint density at radius 3 is 2.74 bits per heavy atom. The molecule has 0 saturated heterocycles. The van der Waals surface area contributed by atoms with Crippen LogP contribution in [0.5, 0.6) is 0 Å². The van der Waals surface area contributed by atoms with Gasteiger partial charge in [0, 0.05) is 0 Å². The van der Waals surface area contributed by atoms with Crippen molar-refractivity contribution in [2.45, 2.75) is 0 Å². The van der Waals surface area contributed by atoms with Crippen molar-refractivity contribution in [1.29, 1.82) is 0 Å². The van der Waals surface area contributed by atoms with Crippen molar-refractivity contribution < 1.29 is 9.90 Å². The molecule has 19 heavy (non-hydrogen) atoms. The van der Waals surface area contributed by atoms with Crippen LogP contribution in [-0.4, -0.2) is 21.0 Å². The fraction of sp³-hybridized carbons (Fsp3) is 0. The summed E-state index contributed by atoms with van der Waals surface area (Å²) in [7, 11) is 0. The van der Waals surface area contributed by atoms with Gasteiger partial charge >= 0.3 is 5.97 Å². The summed E-state index contributed by atoms with van der Waals surface area (Å²) < 4.78 is 1.10. The quantitative estimate of drug-likeness (QED) is 0.765. The van der Waals surface area contributed by atoms with Crippen molar-refractivity contribution in [2.75, 3.05) is 5.32 Å². The number of para-hydroxylation sites is 1. The van der Waals surface area contributed by atoms with Gasteiger partial charge in [-0.25, -0.2) is 14.8 Å². The second-order valence-electron chi connectivity index (χ2n) is 3.85. The second-order valence-corrected chi connectivity index (χ2v) is 4.88. The number of anilines is 2. The summed E-state index contributed by atoms with van der Waals surface area (Å²) in [4.78, 5) is 19.0. The molecule has 0 fully saturated rings. The van der Waals surface area contributed by atoms with Gasteiger partial charge in [0.2, 0.25) is 0 Å². The van der Waals surface area contributed by atoms with E-state index in [1.807, 2.05) is 24.3 Å². The molecule has 0 aliphatic heterocycles. The van der Waals surface area contributed by atoms with E-state index in [2.05, 4.69) is 15.3 Å². The predicted octanol–water partition coefficient (Wildman–Crippen LogP) is 3.13. The first-order valence-electron chi connectivity index (χ1n) is 5.54. The van der Waals surface area contributed by atoms with Crippen LogP contribution >= 0.6 is 11.3 Å². The molecule has 0 bridgehead atoms. The average molecular weight is 271 g/mol. The fourth-order valence-electron chi connectivity index (χ4n) is 1.64. The summed E-state index contributed by atoms with van der Waals surface area (Å²) in [5, 5.41) is 12.6. The minimum absolute atomic E-state index is 0.0230.